The molecule has 0 radical (unpaired) electrons. The van der Waals surface area contributed by atoms with Crippen molar-refractivity contribution in [2.75, 3.05) is 26.4 Å². The molecule has 1 unspecified atom stereocenters. The van der Waals surface area contributed by atoms with Gasteiger partial charge in [-0.05, 0) is 98.7 Å². The third-order valence-electron chi connectivity index (χ3n) is 19.5. The highest BCUT2D eigenvalue weighted by atomic mass is 16.8. The molecule has 23 heteroatoms. The van der Waals surface area contributed by atoms with Crippen LogP contribution in [-0.2, 0) is 42.6 Å². The summed E-state index contributed by atoms with van der Waals surface area (Å²) in [6.07, 6.45) is -22.5. The van der Waals surface area contributed by atoms with E-state index < -0.39 is 155 Å². The van der Waals surface area contributed by atoms with Gasteiger partial charge >= 0.3 is 0 Å². The van der Waals surface area contributed by atoms with Gasteiger partial charge in [0, 0.05) is 12.3 Å². The van der Waals surface area contributed by atoms with Crippen molar-refractivity contribution in [2.45, 2.75) is 233 Å². The number of aliphatic hydroxyl groups excluding tert-OH is 13. The van der Waals surface area contributed by atoms with E-state index in [9.17, 15) is 71.5 Å². The molecule has 0 bridgehead atoms. The zero-order chi connectivity index (χ0) is 53.5. The van der Waals surface area contributed by atoms with Crippen molar-refractivity contribution in [2.24, 2.45) is 46.3 Å². The van der Waals surface area contributed by atoms with Crippen molar-refractivity contribution in [1.29, 1.82) is 0 Å². The largest absolute Gasteiger partial charge is 0.394 e. The van der Waals surface area contributed by atoms with Crippen molar-refractivity contribution in [1.82, 2.24) is 0 Å². The van der Waals surface area contributed by atoms with Gasteiger partial charge in [0.25, 0.3) is 0 Å². The number of aliphatic hydroxyl groups is 14. The van der Waals surface area contributed by atoms with E-state index in [1.807, 2.05) is 6.92 Å². The normalized spacial score (nSPS) is 54.9. The van der Waals surface area contributed by atoms with Gasteiger partial charge in [0.2, 0.25) is 0 Å². The lowest BCUT2D eigenvalue weighted by atomic mass is 9.47. The molecule has 0 aromatic rings. The summed E-state index contributed by atoms with van der Waals surface area (Å²) < 4.78 is 54.7. The maximum Gasteiger partial charge on any atom is 0.187 e. The van der Waals surface area contributed by atoms with E-state index >= 15 is 0 Å². The molecular weight excluding hydrogens is 981 g/mol. The first-order chi connectivity index (χ1) is 35.0. The predicted octanol–water partition coefficient (Wildman–Crippen LogP) is -3.01. The summed E-state index contributed by atoms with van der Waals surface area (Å²) in [6.45, 7) is 8.33. The Morgan fingerprint density at radius 3 is 1.85 bits per heavy atom. The van der Waals surface area contributed by atoms with Crippen LogP contribution in [0.1, 0.15) is 92.4 Å². The van der Waals surface area contributed by atoms with Crippen LogP contribution in [0.15, 0.2) is 11.6 Å². The summed E-state index contributed by atoms with van der Waals surface area (Å²) in [5.74, 6) is -0.351. The van der Waals surface area contributed by atoms with Crippen LogP contribution in [0.5, 0.6) is 0 Å². The fraction of sp³-hybridized carbons (Fsp3) is 0.961. The van der Waals surface area contributed by atoms with Gasteiger partial charge in [0.05, 0.1) is 44.7 Å². The summed E-state index contributed by atoms with van der Waals surface area (Å²) in [6, 6.07) is 0. The van der Waals surface area contributed by atoms with Gasteiger partial charge in [0.15, 0.2) is 30.9 Å². The maximum atomic E-state index is 12.1. The molecular formula is C51H84O23. The van der Waals surface area contributed by atoms with Crippen molar-refractivity contribution in [3.63, 3.8) is 0 Å². The van der Waals surface area contributed by atoms with E-state index in [4.69, 9.17) is 42.6 Å². The minimum absolute atomic E-state index is 0.0769. The van der Waals surface area contributed by atoms with Crippen LogP contribution in [0.25, 0.3) is 0 Å². The van der Waals surface area contributed by atoms with E-state index in [0.29, 0.717) is 43.4 Å². The number of fused-ring (bicyclic) bond motifs is 7. The van der Waals surface area contributed by atoms with Crippen molar-refractivity contribution in [3.8, 4) is 0 Å². The van der Waals surface area contributed by atoms with Crippen LogP contribution in [0.3, 0.4) is 0 Å². The molecule has 4 aliphatic carbocycles. The molecule has 5 heterocycles. The van der Waals surface area contributed by atoms with E-state index in [0.717, 1.165) is 32.1 Å². The molecule has 5 aliphatic heterocycles. The van der Waals surface area contributed by atoms with Crippen molar-refractivity contribution in [3.05, 3.63) is 11.6 Å². The number of hydrogen-bond acceptors (Lipinski definition) is 23. The third-order valence-corrected chi connectivity index (χ3v) is 19.5. The molecule has 31 atom stereocenters. The van der Waals surface area contributed by atoms with Crippen LogP contribution in [0.2, 0.25) is 0 Å². The van der Waals surface area contributed by atoms with Gasteiger partial charge in [-0.2, -0.15) is 0 Å². The molecule has 9 rings (SSSR count). The van der Waals surface area contributed by atoms with E-state index in [-0.39, 0.29) is 41.3 Å². The zero-order valence-corrected chi connectivity index (χ0v) is 42.9. The van der Waals surface area contributed by atoms with Gasteiger partial charge in [-0.15, -0.1) is 0 Å². The highest BCUT2D eigenvalue weighted by Gasteiger charge is 2.68. The number of hydrogen-bond donors (Lipinski definition) is 14. The van der Waals surface area contributed by atoms with Gasteiger partial charge < -0.3 is 114 Å². The monoisotopic (exact) mass is 1060 g/mol. The van der Waals surface area contributed by atoms with Crippen LogP contribution in [0.4, 0.5) is 0 Å². The molecule has 0 amide bonds. The fourth-order valence-electron chi connectivity index (χ4n) is 15.0. The van der Waals surface area contributed by atoms with Crippen LogP contribution in [0, 0.1) is 46.3 Å². The average molecular weight is 1070 g/mol. The summed E-state index contributed by atoms with van der Waals surface area (Å²) in [5, 5.41) is 149. The Bertz CT molecular complexity index is 1920. The quantitative estimate of drug-likeness (QED) is 0.0727. The average Bonchev–Trinajstić information content (AvgIpc) is 3.82. The van der Waals surface area contributed by atoms with Gasteiger partial charge in [0.1, 0.15) is 91.6 Å². The summed E-state index contributed by atoms with van der Waals surface area (Å²) in [4.78, 5) is 0. The Kier molecular flexibility index (Phi) is 17.4. The molecule has 9 aliphatic rings. The molecule has 0 aromatic heterocycles. The fourth-order valence-corrected chi connectivity index (χ4v) is 15.0. The maximum absolute atomic E-state index is 12.1. The molecule has 8 fully saturated rings. The highest BCUT2D eigenvalue weighted by molar-refractivity contribution is 5.26. The second-order valence-electron chi connectivity index (χ2n) is 23.8. The Morgan fingerprint density at radius 1 is 0.635 bits per heavy atom. The number of allylic oxidation sites excluding steroid dienone is 1. The zero-order valence-electron chi connectivity index (χ0n) is 42.9. The number of rotatable bonds is 15. The Labute approximate surface area is 430 Å². The highest BCUT2D eigenvalue weighted by Crippen LogP contribution is 2.70. The molecule has 3 saturated carbocycles. The van der Waals surface area contributed by atoms with Gasteiger partial charge in [-0.3, -0.25) is 0 Å². The minimum atomic E-state index is -1.88. The Balaban J connectivity index is 0.864. The van der Waals surface area contributed by atoms with Crippen molar-refractivity contribution < 1.29 is 114 Å². The van der Waals surface area contributed by atoms with E-state index in [1.165, 1.54) is 12.5 Å². The topological polar surface area (TPSA) is 366 Å². The second kappa shape index (κ2) is 22.4. The Morgan fingerprint density at radius 2 is 1.20 bits per heavy atom. The first kappa shape index (κ1) is 57.5. The first-order valence-corrected chi connectivity index (χ1v) is 26.9. The smallest absolute Gasteiger partial charge is 0.187 e. The lowest BCUT2D eigenvalue weighted by Gasteiger charge is -2.58. The molecule has 0 spiro atoms. The Hall–Kier alpha value is -1.18. The molecule has 23 nitrogen and oxygen atoms in total. The van der Waals surface area contributed by atoms with E-state index in [1.54, 1.807) is 0 Å². The number of ether oxygens (including phenoxy) is 9. The van der Waals surface area contributed by atoms with E-state index in [2.05, 4.69) is 26.8 Å². The molecule has 426 valence electrons. The van der Waals surface area contributed by atoms with Crippen LogP contribution < -0.4 is 0 Å². The minimum Gasteiger partial charge on any atom is -0.394 e. The predicted molar refractivity (Wildman–Crippen MR) is 250 cm³/mol. The van der Waals surface area contributed by atoms with Crippen LogP contribution >= 0.6 is 0 Å². The van der Waals surface area contributed by atoms with Gasteiger partial charge in [-0.25, -0.2) is 0 Å². The van der Waals surface area contributed by atoms with Crippen molar-refractivity contribution >= 4 is 0 Å². The first-order valence-electron chi connectivity index (χ1n) is 26.9. The summed E-state index contributed by atoms with van der Waals surface area (Å²) >= 11 is 0. The van der Waals surface area contributed by atoms with Crippen LogP contribution in [-0.4, -0.2) is 239 Å². The summed E-state index contributed by atoms with van der Waals surface area (Å²) in [7, 11) is 0. The lowest BCUT2D eigenvalue weighted by Crippen LogP contribution is -2.67. The third kappa shape index (κ3) is 10.2. The standard InChI is InChI=1S/C51H84O23/c1-20(19-66-45-40(62)38(60)34(56)29(16-52)69-45)8-13-51(65)21(2)32-28(74-51)15-27-25-7-6-23-14-24(9-11-49(23,4)26(25)10-12-50(27,32)5)68-48-44(73-46-41(63)37(59)33(55)22(3)67-46)43(36(58)31(18-54)71-48)72-47-42(64)39(61)35(57)30(17-53)70-47/h6,20-22,24-48,52-65H,7-19H2,1-5H3/t20-,21+,22+,24+,25-,26+,27+,28+,29-,30-,31-,32?,33+,34-,35-,36-,37-,38+,39+,40-,41-,42-,43+,44-,45-,46+,47+,48-,49+,50+,51-/m1/s1. The summed E-state index contributed by atoms with van der Waals surface area (Å²) in [5.41, 5.74) is 0.989. The molecule has 0 aromatic carbocycles. The van der Waals surface area contributed by atoms with Gasteiger partial charge in [-0.1, -0.05) is 39.3 Å². The molecule has 74 heavy (non-hydrogen) atoms. The molecule has 5 saturated heterocycles. The second-order valence-corrected chi connectivity index (χ2v) is 23.8. The lowest BCUT2D eigenvalue weighted by molar-refractivity contribution is -0.394. The molecule has 14 N–H and O–H groups in total. The SMILES string of the molecule is C[C@H](CC[C@@]1(O)O[C@H]2C[C@H]3[C@@H]4CC=C5C[C@@H](O[C@@H]6O[C@H](CO)[C@@H](O)[C@H](O[C@@H]7O[C@H](CO)[C@@H](O)[C@H](O)[C@H]7O)[C@H]6O[C@@H]6O[C@@H](C)[C@H](O)[C@@H](O)[C@H]6O)CC[C@]5(C)[C@H]4CC[C@]3(C)C2[C@@H]1C)CO[C@@H]1O[C@H](CO)[C@@H](O)[C@H](O)[C@H]1O.